The van der Waals surface area contributed by atoms with E-state index in [4.69, 9.17) is 11.6 Å². The van der Waals surface area contributed by atoms with Gasteiger partial charge in [0.05, 0.1) is 16.8 Å². The molecule has 1 saturated heterocycles. The topological polar surface area (TPSA) is 74.7 Å². The van der Waals surface area contributed by atoms with Crippen molar-refractivity contribution in [2.24, 2.45) is 5.10 Å². The van der Waals surface area contributed by atoms with Crippen LogP contribution in [0.3, 0.4) is 0 Å². The van der Waals surface area contributed by atoms with Gasteiger partial charge >= 0.3 is 0 Å². The molecule has 0 unspecified atom stereocenters. The van der Waals surface area contributed by atoms with Crippen LogP contribution in [0.5, 0.6) is 0 Å². The van der Waals surface area contributed by atoms with Crippen LogP contribution in [0.15, 0.2) is 63.9 Å². The fourth-order valence-corrected chi connectivity index (χ4v) is 5.53. The van der Waals surface area contributed by atoms with Gasteiger partial charge in [0.25, 0.3) is 0 Å². The average Bonchev–Trinajstić information content (AvgIpc) is 3.25. The van der Waals surface area contributed by atoms with E-state index in [-0.39, 0.29) is 0 Å². The standard InChI is InChI=1S/C21H21ClN4O2S2/c22-18-8-4-16(5-9-18)14-23-25-21-24-20(15-29-21)17-6-10-19(11-7-17)30(27,28)26-12-2-1-3-13-26/h4-11,14-15H,1-3,12-13H2,(H,24,25)/b23-14+. The summed E-state index contributed by atoms with van der Waals surface area (Å²) in [5.74, 6) is 0. The third-order valence-corrected chi connectivity index (χ3v) is 7.76. The highest BCUT2D eigenvalue weighted by Crippen LogP contribution is 2.27. The minimum absolute atomic E-state index is 0.328. The maximum absolute atomic E-state index is 12.8. The molecule has 0 amide bonds. The van der Waals surface area contributed by atoms with Crippen LogP contribution in [-0.2, 0) is 10.0 Å². The first-order valence-corrected chi connectivity index (χ1v) is 12.3. The van der Waals surface area contributed by atoms with Crippen LogP contribution < -0.4 is 5.43 Å². The Morgan fingerprint density at radius 2 is 1.73 bits per heavy atom. The summed E-state index contributed by atoms with van der Waals surface area (Å²) in [5.41, 5.74) is 5.47. The van der Waals surface area contributed by atoms with E-state index in [1.54, 1.807) is 46.9 Å². The first-order chi connectivity index (χ1) is 14.5. The first kappa shape index (κ1) is 21.0. The largest absolute Gasteiger partial charge is 0.253 e. The third kappa shape index (κ3) is 4.89. The molecular formula is C21H21ClN4O2S2. The van der Waals surface area contributed by atoms with Gasteiger partial charge in [-0.15, -0.1) is 11.3 Å². The zero-order valence-electron chi connectivity index (χ0n) is 16.2. The van der Waals surface area contributed by atoms with Crippen LogP contribution in [0, 0.1) is 0 Å². The van der Waals surface area contributed by atoms with Gasteiger partial charge in [0.15, 0.2) is 0 Å². The van der Waals surface area contributed by atoms with Gasteiger partial charge < -0.3 is 0 Å². The number of benzene rings is 2. The zero-order valence-corrected chi connectivity index (χ0v) is 18.6. The van der Waals surface area contributed by atoms with Gasteiger partial charge in [-0.3, -0.25) is 5.43 Å². The van der Waals surface area contributed by atoms with Gasteiger partial charge in [-0.1, -0.05) is 42.3 Å². The van der Waals surface area contributed by atoms with E-state index in [1.165, 1.54) is 11.3 Å². The normalized spacial score (nSPS) is 15.5. The molecule has 1 fully saturated rings. The number of anilines is 1. The van der Waals surface area contributed by atoms with E-state index in [1.807, 2.05) is 17.5 Å². The summed E-state index contributed by atoms with van der Waals surface area (Å²) in [6, 6.07) is 14.3. The van der Waals surface area contributed by atoms with Gasteiger partial charge in [-0.05, 0) is 42.7 Å². The number of halogens is 1. The number of sulfonamides is 1. The summed E-state index contributed by atoms with van der Waals surface area (Å²) in [6.07, 6.45) is 4.63. The lowest BCUT2D eigenvalue weighted by atomic mass is 10.2. The predicted molar refractivity (Wildman–Crippen MR) is 123 cm³/mol. The Morgan fingerprint density at radius 1 is 1.03 bits per heavy atom. The molecule has 156 valence electrons. The van der Waals surface area contributed by atoms with Crippen molar-refractivity contribution in [2.45, 2.75) is 24.2 Å². The molecule has 0 saturated carbocycles. The van der Waals surface area contributed by atoms with E-state index in [2.05, 4.69) is 15.5 Å². The second-order valence-corrected chi connectivity index (χ2v) is 10.2. The SMILES string of the molecule is O=S(=O)(c1ccc(-c2csc(N/N=C/c3ccc(Cl)cc3)n2)cc1)N1CCCCC1. The van der Waals surface area contributed by atoms with Crippen LogP contribution in [0.1, 0.15) is 24.8 Å². The van der Waals surface area contributed by atoms with Crippen LogP contribution >= 0.6 is 22.9 Å². The van der Waals surface area contributed by atoms with Crippen molar-refractivity contribution in [1.82, 2.24) is 9.29 Å². The van der Waals surface area contributed by atoms with Crippen molar-refractivity contribution in [3.05, 3.63) is 64.5 Å². The molecule has 0 atom stereocenters. The van der Waals surface area contributed by atoms with Crippen molar-refractivity contribution in [3.8, 4) is 11.3 Å². The average molecular weight is 461 g/mol. The molecule has 2 aromatic carbocycles. The van der Waals surface area contributed by atoms with Gasteiger partial charge in [0.1, 0.15) is 0 Å². The summed E-state index contributed by atoms with van der Waals surface area (Å²) >= 11 is 7.30. The highest BCUT2D eigenvalue weighted by molar-refractivity contribution is 7.89. The lowest BCUT2D eigenvalue weighted by molar-refractivity contribution is 0.346. The molecule has 3 aromatic rings. The summed E-state index contributed by atoms with van der Waals surface area (Å²) in [4.78, 5) is 4.85. The van der Waals surface area contributed by atoms with Crippen molar-refractivity contribution in [2.75, 3.05) is 18.5 Å². The van der Waals surface area contributed by atoms with E-state index in [9.17, 15) is 8.42 Å². The molecule has 4 rings (SSSR count). The molecule has 1 aliphatic rings. The maximum atomic E-state index is 12.8. The minimum atomic E-state index is -3.42. The lowest BCUT2D eigenvalue weighted by Crippen LogP contribution is -2.35. The number of hydrogen-bond donors (Lipinski definition) is 1. The van der Waals surface area contributed by atoms with Crippen molar-refractivity contribution in [3.63, 3.8) is 0 Å². The van der Waals surface area contributed by atoms with Gasteiger partial charge in [0, 0.05) is 29.1 Å². The fourth-order valence-electron chi connectivity index (χ4n) is 3.22. The highest BCUT2D eigenvalue weighted by atomic mass is 35.5. The zero-order chi connectivity index (χ0) is 21.0. The number of rotatable bonds is 6. The van der Waals surface area contributed by atoms with Crippen LogP contribution in [-0.4, -0.2) is 37.0 Å². The minimum Gasteiger partial charge on any atom is -0.253 e. The van der Waals surface area contributed by atoms with Gasteiger partial charge in [0.2, 0.25) is 15.2 Å². The molecule has 1 aromatic heterocycles. The third-order valence-electron chi connectivity index (χ3n) is 4.85. The number of nitrogens with one attached hydrogen (secondary N) is 1. The first-order valence-electron chi connectivity index (χ1n) is 9.63. The summed E-state index contributed by atoms with van der Waals surface area (Å²) in [7, 11) is -3.42. The Hall–Kier alpha value is -2.26. The van der Waals surface area contributed by atoms with Crippen molar-refractivity contribution >= 4 is 44.3 Å². The fraction of sp³-hybridized carbons (Fsp3) is 0.238. The maximum Gasteiger partial charge on any atom is 0.243 e. The van der Waals surface area contributed by atoms with Crippen molar-refractivity contribution in [1.29, 1.82) is 0 Å². The molecule has 1 aliphatic heterocycles. The molecular weight excluding hydrogens is 440 g/mol. The molecule has 30 heavy (non-hydrogen) atoms. The quantitative estimate of drug-likeness (QED) is 0.411. The van der Waals surface area contributed by atoms with E-state index < -0.39 is 10.0 Å². The number of nitrogens with zero attached hydrogens (tertiary/aromatic N) is 3. The van der Waals surface area contributed by atoms with Crippen LogP contribution in [0.25, 0.3) is 11.3 Å². The molecule has 0 aliphatic carbocycles. The number of aromatic nitrogens is 1. The highest BCUT2D eigenvalue weighted by Gasteiger charge is 2.25. The molecule has 0 spiro atoms. The van der Waals surface area contributed by atoms with E-state index in [0.29, 0.717) is 28.1 Å². The summed E-state index contributed by atoms with van der Waals surface area (Å²) in [5, 5.41) is 7.44. The Bertz CT molecular complexity index is 1120. The Labute approximate surface area is 185 Å². The summed E-state index contributed by atoms with van der Waals surface area (Å²) < 4.78 is 27.1. The van der Waals surface area contributed by atoms with Gasteiger partial charge in [-0.25, -0.2) is 13.4 Å². The second kappa shape index (κ2) is 9.26. The molecule has 0 radical (unpaired) electrons. The second-order valence-electron chi connectivity index (χ2n) is 6.95. The Balaban J connectivity index is 1.42. The molecule has 9 heteroatoms. The van der Waals surface area contributed by atoms with Gasteiger partial charge in [-0.2, -0.15) is 9.41 Å². The molecule has 2 heterocycles. The predicted octanol–water partition coefficient (Wildman–Crippen LogP) is 5.08. The van der Waals surface area contributed by atoms with Crippen LogP contribution in [0.2, 0.25) is 5.02 Å². The lowest BCUT2D eigenvalue weighted by Gasteiger charge is -2.25. The summed E-state index contributed by atoms with van der Waals surface area (Å²) in [6.45, 7) is 1.20. The smallest absolute Gasteiger partial charge is 0.243 e. The van der Waals surface area contributed by atoms with E-state index in [0.717, 1.165) is 36.1 Å². The monoisotopic (exact) mass is 460 g/mol. The number of hydrogen-bond acceptors (Lipinski definition) is 6. The number of thiazole rings is 1. The Morgan fingerprint density at radius 3 is 2.43 bits per heavy atom. The van der Waals surface area contributed by atoms with Crippen LogP contribution in [0.4, 0.5) is 5.13 Å². The Kier molecular flexibility index (Phi) is 6.48. The van der Waals surface area contributed by atoms with E-state index >= 15 is 0 Å². The van der Waals surface area contributed by atoms with Crippen molar-refractivity contribution < 1.29 is 8.42 Å². The molecule has 1 N–H and O–H groups in total. The molecule has 6 nitrogen and oxygen atoms in total. The number of hydrazone groups is 1. The molecule has 0 bridgehead atoms. The number of piperidine rings is 1.